The largest absolute Gasteiger partial charge is 0.381 e. The smallest absolute Gasteiger partial charge is 0.158 e. The molecule has 3 heterocycles. The molecule has 0 radical (unpaired) electrons. The third-order valence-electron chi connectivity index (χ3n) is 4.08. The van der Waals surface area contributed by atoms with Gasteiger partial charge in [-0.3, -0.25) is 4.68 Å². The van der Waals surface area contributed by atoms with Crippen LogP contribution in [0, 0.1) is 12.8 Å². The van der Waals surface area contributed by atoms with E-state index in [1.165, 1.54) is 0 Å². The lowest BCUT2D eigenvalue weighted by Crippen LogP contribution is -2.20. The SMILES string of the molecule is Cc1nn(C)c2c1nc(CCl)n2C(C)C1CCOC1. The van der Waals surface area contributed by atoms with Crippen LogP contribution < -0.4 is 0 Å². The molecule has 5 nitrogen and oxygen atoms in total. The number of aromatic nitrogens is 4. The van der Waals surface area contributed by atoms with Gasteiger partial charge in [-0.2, -0.15) is 5.10 Å². The lowest BCUT2D eigenvalue weighted by molar-refractivity contribution is 0.175. The first-order chi connectivity index (χ1) is 9.13. The monoisotopic (exact) mass is 282 g/mol. The minimum atomic E-state index is 0.330. The molecule has 0 spiro atoms. The third kappa shape index (κ3) is 1.96. The van der Waals surface area contributed by atoms with Crippen molar-refractivity contribution in [2.45, 2.75) is 32.2 Å². The zero-order valence-corrected chi connectivity index (χ0v) is 12.3. The first-order valence-corrected chi connectivity index (χ1v) is 7.21. The van der Waals surface area contributed by atoms with Gasteiger partial charge in [-0.25, -0.2) is 4.98 Å². The van der Waals surface area contributed by atoms with Crippen LogP contribution in [0.15, 0.2) is 0 Å². The van der Waals surface area contributed by atoms with Crippen molar-refractivity contribution >= 4 is 22.8 Å². The summed E-state index contributed by atoms with van der Waals surface area (Å²) in [5.74, 6) is 1.87. The molecular weight excluding hydrogens is 264 g/mol. The van der Waals surface area contributed by atoms with Crippen molar-refractivity contribution in [3.63, 3.8) is 0 Å². The standard InChI is InChI=1S/C13H19ClN4O/c1-8-12-13(17(3)16-8)18(11(6-14)15-12)9(2)10-4-5-19-7-10/h9-10H,4-7H2,1-3H3. The Morgan fingerprint density at radius 1 is 1.53 bits per heavy atom. The normalized spacial score (nSPS) is 21.4. The van der Waals surface area contributed by atoms with Crippen LogP contribution in [-0.4, -0.2) is 32.5 Å². The molecule has 0 bridgehead atoms. The molecule has 3 rings (SSSR count). The number of halogens is 1. The van der Waals surface area contributed by atoms with Gasteiger partial charge in [0.15, 0.2) is 5.65 Å². The van der Waals surface area contributed by atoms with E-state index in [0.29, 0.717) is 17.8 Å². The summed E-state index contributed by atoms with van der Waals surface area (Å²) in [4.78, 5) is 4.65. The Hall–Kier alpha value is -1.07. The molecule has 1 saturated heterocycles. The van der Waals surface area contributed by atoms with Gasteiger partial charge in [0.2, 0.25) is 0 Å². The highest BCUT2D eigenvalue weighted by Crippen LogP contribution is 2.31. The van der Waals surface area contributed by atoms with Crippen LogP contribution in [0.25, 0.3) is 11.2 Å². The van der Waals surface area contributed by atoms with Crippen molar-refractivity contribution in [2.75, 3.05) is 13.2 Å². The molecule has 2 atom stereocenters. The number of imidazole rings is 1. The Bertz CT molecular complexity index is 597. The fourth-order valence-corrected chi connectivity index (χ4v) is 3.20. The number of aryl methyl sites for hydroxylation is 2. The molecule has 1 aliphatic rings. The van der Waals surface area contributed by atoms with E-state index in [-0.39, 0.29) is 0 Å². The van der Waals surface area contributed by atoms with Gasteiger partial charge in [-0.15, -0.1) is 11.6 Å². The first-order valence-electron chi connectivity index (χ1n) is 6.67. The Kier molecular flexibility index (Phi) is 3.27. The molecular formula is C13H19ClN4O. The maximum atomic E-state index is 6.07. The van der Waals surface area contributed by atoms with Crippen molar-refractivity contribution < 1.29 is 4.74 Å². The Morgan fingerprint density at radius 2 is 2.32 bits per heavy atom. The van der Waals surface area contributed by atoms with Crippen molar-refractivity contribution in [2.24, 2.45) is 13.0 Å². The Balaban J connectivity index is 2.14. The summed E-state index contributed by atoms with van der Waals surface area (Å²) in [5, 5.41) is 4.45. The average Bonchev–Trinajstić information content (AvgIpc) is 3.08. The van der Waals surface area contributed by atoms with E-state index in [0.717, 1.165) is 42.3 Å². The molecule has 1 aliphatic heterocycles. The third-order valence-corrected chi connectivity index (χ3v) is 4.32. The highest BCUT2D eigenvalue weighted by molar-refractivity contribution is 6.16. The lowest BCUT2D eigenvalue weighted by atomic mass is 10.0. The van der Waals surface area contributed by atoms with Crippen molar-refractivity contribution in [1.29, 1.82) is 0 Å². The molecule has 1 fully saturated rings. The second-order valence-corrected chi connectivity index (χ2v) is 5.54. The van der Waals surface area contributed by atoms with Gasteiger partial charge in [-0.1, -0.05) is 0 Å². The summed E-state index contributed by atoms with van der Waals surface area (Å²) in [6.45, 7) is 5.88. The lowest BCUT2D eigenvalue weighted by Gasteiger charge is -2.22. The van der Waals surface area contributed by atoms with Gasteiger partial charge in [-0.05, 0) is 20.3 Å². The zero-order chi connectivity index (χ0) is 13.6. The fraction of sp³-hybridized carbons (Fsp3) is 0.692. The molecule has 19 heavy (non-hydrogen) atoms. The Labute approximate surface area is 117 Å². The number of nitrogens with zero attached hydrogens (tertiary/aromatic N) is 4. The number of rotatable bonds is 3. The second-order valence-electron chi connectivity index (χ2n) is 5.28. The summed E-state index contributed by atoms with van der Waals surface area (Å²) < 4.78 is 9.65. The minimum Gasteiger partial charge on any atom is -0.381 e. The van der Waals surface area contributed by atoms with Crippen molar-refractivity contribution in [1.82, 2.24) is 19.3 Å². The number of hydrogen-bond donors (Lipinski definition) is 0. The van der Waals surface area contributed by atoms with Gasteiger partial charge in [0.05, 0.1) is 18.2 Å². The summed E-state index contributed by atoms with van der Waals surface area (Å²) in [7, 11) is 1.96. The molecule has 0 aliphatic carbocycles. The van der Waals surface area contributed by atoms with Crippen molar-refractivity contribution in [3.05, 3.63) is 11.5 Å². The highest BCUT2D eigenvalue weighted by atomic mass is 35.5. The van der Waals surface area contributed by atoms with E-state index < -0.39 is 0 Å². The fourth-order valence-electron chi connectivity index (χ4n) is 3.01. The first kappa shape index (κ1) is 12.9. The zero-order valence-electron chi connectivity index (χ0n) is 11.6. The molecule has 2 unspecified atom stereocenters. The second kappa shape index (κ2) is 4.80. The van der Waals surface area contributed by atoms with E-state index in [4.69, 9.17) is 16.3 Å². The molecule has 0 amide bonds. The summed E-state index contributed by atoms with van der Waals surface area (Å²) in [6.07, 6.45) is 1.10. The van der Waals surface area contributed by atoms with Gasteiger partial charge in [0, 0.05) is 25.6 Å². The van der Waals surface area contributed by atoms with Gasteiger partial charge in [0.25, 0.3) is 0 Å². The molecule has 0 N–H and O–H groups in total. The number of alkyl halides is 1. The van der Waals surface area contributed by atoms with Gasteiger partial charge < -0.3 is 9.30 Å². The van der Waals surface area contributed by atoms with E-state index in [2.05, 4.69) is 21.6 Å². The quantitative estimate of drug-likeness (QED) is 0.812. The Morgan fingerprint density at radius 3 is 2.95 bits per heavy atom. The van der Waals surface area contributed by atoms with Crippen LogP contribution in [0.5, 0.6) is 0 Å². The number of fused-ring (bicyclic) bond motifs is 1. The maximum absolute atomic E-state index is 6.07. The summed E-state index contributed by atoms with van der Waals surface area (Å²) in [6, 6.07) is 0.330. The average molecular weight is 283 g/mol. The van der Waals surface area contributed by atoms with E-state index in [1.807, 2.05) is 18.7 Å². The molecule has 0 saturated carbocycles. The molecule has 2 aromatic heterocycles. The van der Waals surface area contributed by atoms with Gasteiger partial charge >= 0.3 is 0 Å². The minimum absolute atomic E-state index is 0.330. The molecule has 0 aromatic carbocycles. The number of hydrogen-bond acceptors (Lipinski definition) is 3. The van der Waals surface area contributed by atoms with Crippen LogP contribution in [0.2, 0.25) is 0 Å². The van der Waals surface area contributed by atoms with Gasteiger partial charge in [0.1, 0.15) is 11.3 Å². The number of ether oxygens (including phenoxy) is 1. The van der Waals surface area contributed by atoms with Crippen LogP contribution in [-0.2, 0) is 17.7 Å². The van der Waals surface area contributed by atoms with E-state index in [9.17, 15) is 0 Å². The molecule has 104 valence electrons. The maximum Gasteiger partial charge on any atom is 0.158 e. The van der Waals surface area contributed by atoms with E-state index >= 15 is 0 Å². The van der Waals surface area contributed by atoms with E-state index in [1.54, 1.807) is 0 Å². The molecule has 6 heteroatoms. The van der Waals surface area contributed by atoms with Crippen LogP contribution >= 0.6 is 11.6 Å². The topological polar surface area (TPSA) is 44.9 Å². The van der Waals surface area contributed by atoms with Crippen LogP contribution in [0.4, 0.5) is 0 Å². The predicted octanol–water partition coefficient (Wildman–Crippen LogP) is 2.41. The van der Waals surface area contributed by atoms with Crippen molar-refractivity contribution in [3.8, 4) is 0 Å². The predicted molar refractivity (Wildman–Crippen MR) is 74.4 cm³/mol. The summed E-state index contributed by atoms with van der Waals surface area (Å²) >= 11 is 6.07. The molecule has 2 aromatic rings. The summed E-state index contributed by atoms with van der Waals surface area (Å²) in [5.41, 5.74) is 2.98. The highest BCUT2D eigenvalue weighted by Gasteiger charge is 2.28. The van der Waals surface area contributed by atoms with Crippen LogP contribution in [0.1, 0.15) is 30.9 Å². The van der Waals surface area contributed by atoms with Crippen LogP contribution in [0.3, 0.4) is 0 Å².